The third kappa shape index (κ3) is 3.77. The van der Waals surface area contributed by atoms with Crippen molar-refractivity contribution in [1.29, 1.82) is 0 Å². The van der Waals surface area contributed by atoms with E-state index in [1.165, 1.54) is 0 Å². The molecule has 128 valence electrons. The molecule has 25 heavy (non-hydrogen) atoms. The van der Waals surface area contributed by atoms with Crippen molar-refractivity contribution in [3.63, 3.8) is 0 Å². The molecular formula is C20H21N3OS. The van der Waals surface area contributed by atoms with Crippen LogP contribution in [0.4, 0.5) is 0 Å². The summed E-state index contributed by atoms with van der Waals surface area (Å²) in [6, 6.07) is 17.6. The monoisotopic (exact) mass is 351 g/mol. The van der Waals surface area contributed by atoms with Gasteiger partial charge in [-0.05, 0) is 56.5 Å². The van der Waals surface area contributed by atoms with Gasteiger partial charge in [-0.25, -0.2) is 4.68 Å². The quantitative estimate of drug-likeness (QED) is 0.703. The Morgan fingerprint density at radius 2 is 1.76 bits per heavy atom. The molecule has 0 radical (unpaired) electrons. The molecule has 0 fully saturated rings. The summed E-state index contributed by atoms with van der Waals surface area (Å²) >= 11 is 1.66. The van der Waals surface area contributed by atoms with E-state index in [0.717, 1.165) is 27.5 Å². The molecule has 1 amide bonds. The molecule has 0 aliphatic rings. The van der Waals surface area contributed by atoms with Crippen LogP contribution in [0.5, 0.6) is 0 Å². The number of benzene rings is 2. The first-order valence-electron chi connectivity index (χ1n) is 8.13. The van der Waals surface area contributed by atoms with Gasteiger partial charge < -0.3 is 5.32 Å². The fourth-order valence-corrected chi connectivity index (χ4v) is 3.17. The van der Waals surface area contributed by atoms with Gasteiger partial charge in [-0.15, -0.1) is 11.8 Å². The first-order valence-corrected chi connectivity index (χ1v) is 9.35. The van der Waals surface area contributed by atoms with Crippen LogP contribution < -0.4 is 5.32 Å². The lowest BCUT2D eigenvalue weighted by Crippen LogP contribution is -2.23. The van der Waals surface area contributed by atoms with Crippen LogP contribution in [0.1, 0.15) is 27.3 Å². The Morgan fingerprint density at radius 1 is 1.08 bits per heavy atom. The Hall–Kier alpha value is -2.53. The highest BCUT2D eigenvalue weighted by Gasteiger charge is 2.14. The molecule has 2 aromatic carbocycles. The molecule has 4 nitrogen and oxygen atoms in total. The molecule has 0 saturated carbocycles. The number of thioether (sulfide) groups is 1. The minimum Gasteiger partial charge on any atom is -0.348 e. The lowest BCUT2D eigenvalue weighted by Gasteiger charge is -2.07. The van der Waals surface area contributed by atoms with Crippen molar-refractivity contribution >= 4 is 17.7 Å². The van der Waals surface area contributed by atoms with Crippen LogP contribution in [0.2, 0.25) is 0 Å². The van der Waals surface area contributed by atoms with Gasteiger partial charge in [-0.1, -0.05) is 18.2 Å². The number of para-hydroxylation sites is 1. The van der Waals surface area contributed by atoms with Crippen molar-refractivity contribution in [2.75, 3.05) is 6.26 Å². The van der Waals surface area contributed by atoms with Crippen LogP contribution in [0.25, 0.3) is 5.69 Å². The number of hydrogen-bond acceptors (Lipinski definition) is 3. The normalized spacial score (nSPS) is 10.7. The van der Waals surface area contributed by atoms with E-state index < -0.39 is 0 Å². The molecule has 0 bridgehead atoms. The van der Waals surface area contributed by atoms with E-state index in [1.807, 2.05) is 79.4 Å². The van der Waals surface area contributed by atoms with Crippen molar-refractivity contribution in [1.82, 2.24) is 15.1 Å². The summed E-state index contributed by atoms with van der Waals surface area (Å²) in [7, 11) is 0. The minimum atomic E-state index is -0.0704. The number of rotatable bonds is 5. The van der Waals surface area contributed by atoms with Crippen molar-refractivity contribution in [3.05, 3.63) is 77.1 Å². The molecule has 1 aromatic heterocycles. The molecule has 0 spiro atoms. The van der Waals surface area contributed by atoms with E-state index in [0.29, 0.717) is 12.1 Å². The Morgan fingerprint density at radius 3 is 2.40 bits per heavy atom. The van der Waals surface area contributed by atoms with Crippen LogP contribution in [-0.4, -0.2) is 21.9 Å². The van der Waals surface area contributed by atoms with Crippen molar-refractivity contribution < 1.29 is 4.79 Å². The van der Waals surface area contributed by atoms with Crippen LogP contribution in [0.15, 0.2) is 59.5 Å². The third-order valence-electron chi connectivity index (χ3n) is 4.22. The summed E-state index contributed by atoms with van der Waals surface area (Å²) in [5, 5.41) is 7.62. The summed E-state index contributed by atoms with van der Waals surface area (Å²) in [5.41, 5.74) is 4.72. The SMILES string of the molecule is CSc1ccc(C(=O)NCc2c(C)nn(-c3ccccc3)c2C)cc1. The zero-order valence-corrected chi connectivity index (χ0v) is 15.4. The van der Waals surface area contributed by atoms with Gasteiger partial charge in [0.2, 0.25) is 0 Å². The van der Waals surface area contributed by atoms with Gasteiger partial charge >= 0.3 is 0 Å². The second kappa shape index (κ2) is 7.57. The van der Waals surface area contributed by atoms with Gasteiger partial charge in [0, 0.05) is 28.3 Å². The standard InChI is InChI=1S/C20H21N3OS/c1-14-19(15(2)23(22-14)17-7-5-4-6-8-17)13-21-20(24)16-9-11-18(25-3)12-10-16/h4-12H,13H2,1-3H3,(H,21,24). The predicted molar refractivity (Wildman–Crippen MR) is 102 cm³/mol. The van der Waals surface area contributed by atoms with Crippen LogP contribution in [0, 0.1) is 13.8 Å². The molecule has 0 atom stereocenters. The number of aryl methyl sites for hydroxylation is 1. The summed E-state index contributed by atoms with van der Waals surface area (Å²) in [6.45, 7) is 4.47. The lowest BCUT2D eigenvalue weighted by atomic mass is 10.1. The van der Waals surface area contributed by atoms with E-state index in [1.54, 1.807) is 11.8 Å². The molecule has 0 unspecified atom stereocenters. The predicted octanol–water partition coefficient (Wildman–Crippen LogP) is 4.14. The molecule has 1 heterocycles. The number of nitrogens with one attached hydrogen (secondary N) is 1. The number of aromatic nitrogens is 2. The highest BCUT2D eigenvalue weighted by Crippen LogP contribution is 2.18. The maximum Gasteiger partial charge on any atom is 0.251 e. The lowest BCUT2D eigenvalue weighted by molar-refractivity contribution is 0.0951. The average Bonchev–Trinajstić information content (AvgIpc) is 2.94. The molecular weight excluding hydrogens is 330 g/mol. The minimum absolute atomic E-state index is 0.0704. The van der Waals surface area contributed by atoms with E-state index in [-0.39, 0.29) is 5.91 Å². The Balaban J connectivity index is 1.75. The van der Waals surface area contributed by atoms with Crippen molar-refractivity contribution in [2.24, 2.45) is 0 Å². The molecule has 5 heteroatoms. The first kappa shape index (κ1) is 17.3. The smallest absolute Gasteiger partial charge is 0.251 e. The number of carbonyl (C=O) groups is 1. The zero-order chi connectivity index (χ0) is 17.8. The largest absolute Gasteiger partial charge is 0.348 e. The second-order valence-electron chi connectivity index (χ2n) is 5.81. The molecule has 3 aromatic rings. The van der Waals surface area contributed by atoms with E-state index in [9.17, 15) is 4.79 Å². The number of nitrogens with zero attached hydrogens (tertiary/aromatic N) is 2. The van der Waals surface area contributed by atoms with Crippen LogP contribution in [0.3, 0.4) is 0 Å². The van der Waals surface area contributed by atoms with Gasteiger partial charge in [-0.2, -0.15) is 5.10 Å². The number of hydrogen-bond donors (Lipinski definition) is 1. The zero-order valence-electron chi connectivity index (χ0n) is 14.6. The van der Waals surface area contributed by atoms with Gasteiger partial charge in [0.25, 0.3) is 5.91 Å². The van der Waals surface area contributed by atoms with E-state index in [4.69, 9.17) is 0 Å². The third-order valence-corrected chi connectivity index (χ3v) is 4.96. The van der Waals surface area contributed by atoms with Gasteiger partial charge in [0.1, 0.15) is 0 Å². The topological polar surface area (TPSA) is 46.9 Å². The van der Waals surface area contributed by atoms with Crippen LogP contribution in [-0.2, 0) is 6.54 Å². The van der Waals surface area contributed by atoms with E-state index >= 15 is 0 Å². The average molecular weight is 351 g/mol. The molecule has 0 saturated heterocycles. The van der Waals surface area contributed by atoms with Gasteiger partial charge in [0.15, 0.2) is 0 Å². The van der Waals surface area contributed by atoms with E-state index in [2.05, 4.69) is 10.4 Å². The molecule has 3 rings (SSSR count). The molecule has 1 N–H and O–H groups in total. The van der Waals surface area contributed by atoms with Gasteiger partial charge in [0.05, 0.1) is 11.4 Å². The van der Waals surface area contributed by atoms with Crippen LogP contribution >= 0.6 is 11.8 Å². The van der Waals surface area contributed by atoms with Crippen molar-refractivity contribution in [2.45, 2.75) is 25.3 Å². The summed E-state index contributed by atoms with van der Waals surface area (Å²) in [6.07, 6.45) is 2.02. The van der Waals surface area contributed by atoms with Gasteiger partial charge in [-0.3, -0.25) is 4.79 Å². The highest BCUT2D eigenvalue weighted by molar-refractivity contribution is 7.98. The Bertz CT molecular complexity index is 870. The maximum absolute atomic E-state index is 12.4. The maximum atomic E-state index is 12.4. The Kier molecular flexibility index (Phi) is 5.24. The summed E-state index contributed by atoms with van der Waals surface area (Å²) in [4.78, 5) is 13.5. The number of carbonyl (C=O) groups excluding carboxylic acids is 1. The summed E-state index contributed by atoms with van der Waals surface area (Å²) in [5.74, 6) is -0.0704. The number of amides is 1. The summed E-state index contributed by atoms with van der Waals surface area (Å²) < 4.78 is 1.92. The highest BCUT2D eigenvalue weighted by atomic mass is 32.2. The van der Waals surface area contributed by atoms with Crippen molar-refractivity contribution in [3.8, 4) is 5.69 Å². The fraction of sp³-hybridized carbons (Fsp3) is 0.200. The fourth-order valence-electron chi connectivity index (χ4n) is 2.76. The second-order valence-corrected chi connectivity index (χ2v) is 6.69. The Labute approximate surface area is 152 Å². The molecule has 0 aliphatic carbocycles. The molecule has 0 aliphatic heterocycles. The first-order chi connectivity index (χ1) is 12.1.